The molecule has 138 valence electrons. The quantitative estimate of drug-likeness (QED) is 0.555. The number of thiazole rings is 1. The summed E-state index contributed by atoms with van der Waals surface area (Å²) in [6.45, 7) is 1.87. The molecule has 0 saturated carbocycles. The van der Waals surface area contributed by atoms with Gasteiger partial charge in [0.2, 0.25) is 5.91 Å². The van der Waals surface area contributed by atoms with E-state index < -0.39 is 0 Å². The maximum absolute atomic E-state index is 12.7. The predicted octanol–water partition coefficient (Wildman–Crippen LogP) is 4.01. The number of nitrogens with zero attached hydrogens (tertiary/aromatic N) is 3. The molecule has 3 heterocycles. The van der Waals surface area contributed by atoms with Gasteiger partial charge in [-0.1, -0.05) is 11.6 Å². The summed E-state index contributed by atoms with van der Waals surface area (Å²) in [4.78, 5) is 29.9. The molecule has 6 nitrogen and oxygen atoms in total. The van der Waals surface area contributed by atoms with E-state index in [-0.39, 0.29) is 18.0 Å². The number of anilines is 1. The number of pyridine rings is 1. The Labute approximate surface area is 168 Å². The van der Waals surface area contributed by atoms with E-state index in [0.717, 1.165) is 15.8 Å². The molecule has 0 aliphatic heterocycles. The summed E-state index contributed by atoms with van der Waals surface area (Å²) in [5.41, 5.74) is 4.39. The van der Waals surface area contributed by atoms with E-state index in [2.05, 4.69) is 16.4 Å². The van der Waals surface area contributed by atoms with Crippen molar-refractivity contribution >= 4 is 44.5 Å². The molecule has 0 bridgehead atoms. The lowest BCUT2D eigenvalue weighted by Crippen LogP contribution is -2.27. The molecule has 3 aromatic heterocycles. The third-order valence-corrected chi connectivity index (χ3v) is 5.98. The van der Waals surface area contributed by atoms with E-state index in [1.54, 1.807) is 23.2 Å². The van der Waals surface area contributed by atoms with Gasteiger partial charge in [0.25, 0.3) is 5.56 Å². The Kier molecular flexibility index (Phi) is 4.77. The first-order chi connectivity index (χ1) is 13.6. The van der Waals surface area contributed by atoms with Crippen LogP contribution in [0.1, 0.15) is 11.1 Å². The summed E-state index contributed by atoms with van der Waals surface area (Å²) in [6.07, 6.45) is 1.67. The zero-order valence-corrected chi connectivity index (χ0v) is 16.4. The Morgan fingerprint density at radius 1 is 1.29 bits per heavy atom. The second-order valence-corrected chi connectivity index (χ2v) is 7.97. The van der Waals surface area contributed by atoms with Gasteiger partial charge in [0.05, 0.1) is 21.5 Å². The van der Waals surface area contributed by atoms with Gasteiger partial charge in [-0.25, -0.2) is 0 Å². The standard InChI is InChI=1S/C20H14N4O2S2/c1-12-2-4-15-13(6-12)3-5-18(26)24(15)9-17(25)23-20-19(14(7-21)10-27-20)16-8-22-11-28-16/h2-6,8,10-11H,9H2,1H3,(H,23,25). The number of nitriles is 1. The SMILES string of the molecule is Cc1ccc2c(ccc(=O)n2CC(=O)Nc2scc(C#N)c2-c2cncs2)c1. The average Bonchev–Trinajstić information content (AvgIpc) is 3.33. The molecule has 0 radical (unpaired) electrons. The molecule has 0 atom stereocenters. The first-order valence-electron chi connectivity index (χ1n) is 8.37. The molecule has 1 N–H and O–H groups in total. The molecular weight excluding hydrogens is 392 g/mol. The number of aryl methyl sites for hydroxylation is 1. The van der Waals surface area contributed by atoms with Crippen molar-refractivity contribution in [2.24, 2.45) is 0 Å². The zero-order valence-electron chi connectivity index (χ0n) is 14.8. The molecule has 0 saturated heterocycles. The van der Waals surface area contributed by atoms with E-state index in [9.17, 15) is 14.9 Å². The van der Waals surface area contributed by atoms with Crippen LogP contribution in [0.5, 0.6) is 0 Å². The van der Waals surface area contributed by atoms with Crippen molar-refractivity contribution in [3.8, 4) is 16.5 Å². The van der Waals surface area contributed by atoms with Gasteiger partial charge in [0, 0.05) is 23.2 Å². The summed E-state index contributed by atoms with van der Waals surface area (Å²) in [5.74, 6) is -0.327. The number of carbonyl (C=O) groups is 1. The number of nitrogens with one attached hydrogen (secondary N) is 1. The van der Waals surface area contributed by atoms with Crippen LogP contribution in [0.2, 0.25) is 0 Å². The highest BCUT2D eigenvalue weighted by Crippen LogP contribution is 2.38. The second kappa shape index (κ2) is 7.38. The number of benzene rings is 1. The number of carbonyl (C=O) groups excluding carboxylic acids is 1. The molecule has 4 rings (SSSR count). The van der Waals surface area contributed by atoms with Crippen LogP contribution in [0.25, 0.3) is 21.3 Å². The van der Waals surface area contributed by atoms with Crippen molar-refractivity contribution in [3.63, 3.8) is 0 Å². The number of hydrogen-bond donors (Lipinski definition) is 1. The van der Waals surface area contributed by atoms with Crippen molar-refractivity contribution in [2.75, 3.05) is 5.32 Å². The van der Waals surface area contributed by atoms with Crippen molar-refractivity contribution in [3.05, 3.63) is 68.9 Å². The summed E-state index contributed by atoms with van der Waals surface area (Å²) < 4.78 is 1.45. The van der Waals surface area contributed by atoms with Gasteiger partial charge in [-0.05, 0) is 30.5 Å². The number of fused-ring (bicyclic) bond motifs is 1. The van der Waals surface area contributed by atoms with Crippen molar-refractivity contribution in [2.45, 2.75) is 13.5 Å². The molecule has 0 aliphatic carbocycles. The molecule has 1 amide bonds. The fourth-order valence-corrected chi connectivity index (χ4v) is 4.68. The minimum Gasteiger partial charge on any atom is -0.316 e. The highest BCUT2D eigenvalue weighted by atomic mass is 32.1. The largest absolute Gasteiger partial charge is 0.316 e. The molecule has 8 heteroatoms. The fourth-order valence-electron chi connectivity index (χ4n) is 3.01. The van der Waals surface area contributed by atoms with E-state index in [4.69, 9.17) is 0 Å². The highest BCUT2D eigenvalue weighted by molar-refractivity contribution is 7.17. The topological polar surface area (TPSA) is 87.8 Å². The van der Waals surface area contributed by atoms with Crippen molar-refractivity contribution in [1.29, 1.82) is 5.26 Å². The lowest BCUT2D eigenvalue weighted by atomic mass is 10.1. The lowest BCUT2D eigenvalue weighted by Gasteiger charge is -2.11. The Bertz CT molecular complexity index is 1280. The number of hydrogen-bond acceptors (Lipinski definition) is 6. The summed E-state index contributed by atoms with van der Waals surface area (Å²) in [7, 11) is 0. The van der Waals surface area contributed by atoms with Gasteiger partial charge in [-0.3, -0.25) is 19.1 Å². The predicted molar refractivity (Wildman–Crippen MR) is 112 cm³/mol. The maximum Gasteiger partial charge on any atom is 0.251 e. The van der Waals surface area contributed by atoms with Gasteiger partial charge in [-0.2, -0.15) is 5.26 Å². The smallest absolute Gasteiger partial charge is 0.251 e. The third kappa shape index (κ3) is 3.33. The molecule has 0 aliphatic rings. The van der Waals surface area contributed by atoms with Crippen LogP contribution in [0.15, 0.2) is 52.2 Å². The fraction of sp³-hybridized carbons (Fsp3) is 0.100. The van der Waals surface area contributed by atoms with Crippen LogP contribution in [0.4, 0.5) is 5.00 Å². The van der Waals surface area contributed by atoms with Crippen LogP contribution in [-0.4, -0.2) is 15.5 Å². The van der Waals surface area contributed by atoms with Gasteiger partial charge < -0.3 is 5.32 Å². The van der Waals surface area contributed by atoms with Crippen LogP contribution >= 0.6 is 22.7 Å². The summed E-state index contributed by atoms with van der Waals surface area (Å²) in [5, 5.41) is 15.4. The Morgan fingerprint density at radius 3 is 2.89 bits per heavy atom. The minimum atomic E-state index is -0.327. The molecule has 1 aromatic carbocycles. The Balaban J connectivity index is 1.66. The maximum atomic E-state index is 12.7. The van der Waals surface area contributed by atoms with Crippen LogP contribution in [0, 0.1) is 18.3 Å². The molecule has 0 spiro atoms. The van der Waals surface area contributed by atoms with Gasteiger partial charge in [0.1, 0.15) is 17.6 Å². The third-order valence-electron chi connectivity index (χ3n) is 4.29. The number of amides is 1. The van der Waals surface area contributed by atoms with Gasteiger partial charge in [0.15, 0.2) is 0 Å². The summed E-state index contributed by atoms with van der Waals surface area (Å²) >= 11 is 2.68. The Morgan fingerprint density at radius 2 is 2.14 bits per heavy atom. The first kappa shape index (κ1) is 18.1. The highest BCUT2D eigenvalue weighted by Gasteiger charge is 2.18. The van der Waals surface area contributed by atoms with Crippen LogP contribution in [-0.2, 0) is 11.3 Å². The molecule has 0 fully saturated rings. The van der Waals surface area contributed by atoms with Gasteiger partial charge >= 0.3 is 0 Å². The second-order valence-electron chi connectivity index (χ2n) is 6.20. The first-order valence-corrected chi connectivity index (χ1v) is 10.1. The van der Waals surface area contributed by atoms with E-state index in [1.807, 2.05) is 25.1 Å². The van der Waals surface area contributed by atoms with E-state index >= 15 is 0 Å². The van der Waals surface area contributed by atoms with E-state index in [1.165, 1.54) is 33.3 Å². The summed E-state index contributed by atoms with van der Waals surface area (Å²) in [6, 6.07) is 11.1. The molecule has 4 aromatic rings. The normalized spacial score (nSPS) is 10.7. The monoisotopic (exact) mass is 406 g/mol. The van der Waals surface area contributed by atoms with E-state index in [0.29, 0.717) is 21.6 Å². The zero-order chi connectivity index (χ0) is 19.7. The van der Waals surface area contributed by atoms with Crippen molar-refractivity contribution in [1.82, 2.24) is 9.55 Å². The van der Waals surface area contributed by atoms with Crippen LogP contribution < -0.4 is 10.9 Å². The molecule has 28 heavy (non-hydrogen) atoms. The lowest BCUT2D eigenvalue weighted by molar-refractivity contribution is -0.116. The average molecular weight is 406 g/mol. The minimum absolute atomic E-state index is 0.110. The number of rotatable bonds is 4. The van der Waals surface area contributed by atoms with Gasteiger partial charge in [-0.15, -0.1) is 22.7 Å². The Hall–Kier alpha value is -3.28. The van der Waals surface area contributed by atoms with Crippen LogP contribution in [0.3, 0.4) is 0 Å². The number of aromatic nitrogens is 2. The number of thiophene rings is 1. The molecular formula is C20H14N4O2S2. The van der Waals surface area contributed by atoms with Crippen molar-refractivity contribution < 1.29 is 4.79 Å². The molecule has 0 unspecified atom stereocenters.